The summed E-state index contributed by atoms with van der Waals surface area (Å²) < 4.78 is 0. The van der Waals surface area contributed by atoms with Crippen LogP contribution in [0, 0.1) is 11.8 Å². The van der Waals surface area contributed by atoms with Gasteiger partial charge in [-0.1, -0.05) is 11.8 Å². The third-order valence-electron chi connectivity index (χ3n) is 1.53. The molecule has 2 heterocycles. The SMILES string of the molecule is O=C1NC2C#CCN1C2. The standard InChI is InChI=1S/C6H6N2O/c9-6-7-5-2-1-3-8(6)4-5/h5H,3-4H2,(H,7,9). The molecule has 0 radical (unpaired) electrons. The van der Waals surface area contributed by atoms with Crippen LogP contribution in [-0.2, 0) is 0 Å². The molecule has 0 aliphatic carbocycles. The fourth-order valence-electron chi connectivity index (χ4n) is 1.07. The monoisotopic (exact) mass is 122 g/mol. The van der Waals surface area contributed by atoms with E-state index in [9.17, 15) is 4.79 Å². The summed E-state index contributed by atoms with van der Waals surface area (Å²) in [5.41, 5.74) is 0. The van der Waals surface area contributed by atoms with E-state index in [2.05, 4.69) is 17.2 Å². The zero-order valence-corrected chi connectivity index (χ0v) is 4.85. The zero-order chi connectivity index (χ0) is 6.27. The highest BCUT2D eigenvalue weighted by Gasteiger charge is 2.28. The van der Waals surface area contributed by atoms with Crippen LogP contribution in [0.15, 0.2) is 0 Å². The molecule has 0 aromatic heterocycles. The van der Waals surface area contributed by atoms with Crippen molar-refractivity contribution in [2.45, 2.75) is 6.04 Å². The maximum absolute atomic E-state index is 10.8. The van der Waals surface area contributed by atoms with Crippen molar-refractivity contribution >= 4 is 6.03 Å². The third kappa shape index (κ3) is 0.563. The van der Waals surface area contributed by atoms with Crippen LogP contribution in [0.2, 0.25) is 0 Å². The van der Waals surface area contributed by atoms with E-state index in [1.54, 1.807) is 4.90 Å². The van der Waals surface area contributed by atoms with Gasteiger partial charge in [0.15, 0.2) is 0 Å². The van der Waals surface area contributed by atoms with Gasteiger partial charge in [-0.15, -0.1) is 0 Å². The number of hydrogen-bond donors (Lipinski definition) is 1. The molecule has 46 valence electrons. The van der Waals surface area contributed by atoms with Crippen LogP contribution in [0.25, 0.3) is 0 Å². The number of nitrogens with zero attached hydrogens (tertiary/aromatic N) is 1. The van der Waals surface area contributed by atoms with Gasteiger partial charge in [-0.25, -0.2) is 4.79 Å². The summed E-state index contributed by atoms with van der Waals surface area (Å²) in [6.45, 7) is 1.37. The van der Waals surface area contributed by atoms with Gasteiger partial charge in [-0.2, -0.15) is 0 Å². The maximum atomic E-state index is 10.8. The van der Waals surface area contributed by atoms with E-state index < -0.39 is 0 Å². The summed E-state index contributed by atoms with van der Waals surface area (Å²) in [6.07, 6.45) is 0. The fraction of sp³-hybridized carbons (Fsp3) is 0.500. The van der Waals surface area contributed by atoms with E-state index in [0.717, 1.165) is 6.54 Å². The van der Waals surface area contributed by atoms with E-state index in [4.69, 9.17) is 0 Å². The molecule has 1 saturated heterocycles. The third-order valence-corrected chi connectivity index (χ3v) is 1.53. The second kappa shape index (κ2) is 1.41. The molecule has 2 amide bonds. The minimum atomic E-state index is 0.0116. The van der Waals surface area contributed by atoms with Crippen LogP contribution < -0.4 is 5.32 Å². The highest BCUT2D eigenvalue weighted by molar-refractivity contribution is 5.78. The van der Waals surface area contributed by atoms with E-state index in [-0.39, 0.29) is 12.1 Å². The lowest BCUT2D eigenvalue weighted by Gasteiger charge is -2.10. The first-order chi connectivity index (χ1) is 4.36. The molecule has 3 heteroatoms. The van der Waals surface area contributed by atoms with Gasteiger partial charge in [0.2, 0.25) is 0 Å². The first kappa shape index (κ1) is 4.68. The molecule has 0 saturated carbocycles. The van der Waals surface area contributed by atoms with Crippen molar-refractivity contribution in [1.29, 1.82) is 0 Å². The van der Waals surface area contributed by atoms with Crippen molar-refractivity contribution in [3.8, 4) is 11.8 Å². The van der Waals surface area contributed by atoms with Crippen LogP contribution >= 0.6 is 0 Å². The fourth-order valence-corrected chi connectivity index (χ4v) is 1.07. The first-order valence-corrected chi connectivity index (χ1v) is 2.90. The molecular formula is C6H6N2O. The van der Waals surface area contributed by atoms with Gasteiger partial charge in [0, 0.05) is 0 Å². The minimum absolute atomic E-state index is 0.0116. The molecule has 2 rings (SSSR count). The minimum Gasteiger partial charge on any atom is -0.322 e. The Bertz CT molecular complexity index is 213. The molecule has 0 aromatic carbocycles. The van der Waals surface area contributed by atoms with Crippen LogP contribution in [0.1, 0.15) is 0 Å². The molecule has 1 atom stereocenters. The number of carbonyl (C=O) groups excluding carboxylic acids is 1. The predicted octanol–water partition coefficient (Wildman–Crippen LogP) is -0.603. The van der Waals surface area contributed by atoms with Crippen molar-refractivity contribution in [3.05, 3.63) is 0 Å². The predicted molar refractivity (Wildman–Crippen MR) is 31.7 cm³/mol. The van der Waals surface area contributed by atoms with Gasteiger partial charge >= 0.3 is 6.03 Å². The average Bonchev–Trinajstić information content (AvgIpc) is 2.09. The van der Waals surface area contributed by atoms with Crippen LogP contribution in [-0.4, -0.2) is 30.1 Å². The normalized spacial score (nSPS) is 29.1. The number of carbonyl (C=O) groups is 1. The van der Waals surface area contributed by atoms with Gasteiger partial charge in [0.05, 0.1) is 13.1 Å². The lowest BCUT2D eigenvalue weighted by molar-refractivity contribution is 0.222. The molecule has 3 nitrogen and oxygen atoms in total. The molecule has 9 heavy (non-hydrogen) atoms. The van der Waals surface area contributed by atoms with E-state index >= 15 is 0 Å². The van der Waals surface area contributed by atoms with Gasteiger partial charge in [0.1, 0.15) is 6.04 Å². The molecule has 1 N–H and O–H groups in total. The van der Waals surface area contributed by atoms with Crippen LogP contribution in [0.3, 0.4) is 0 Å². The number of hydrogen-bond acceptors (Lipinski definition) is 1. The van der Waals surface area contributed by atoms with Gasteiger partial charge in [-0.3, -0.25) is 0 Å². The number of fused-ring (bicyclic) bond motifs is 2. The zero-order valence-electron chi connectivity index (χ0n) is 4.85. The summed E-state index contributed by atoms with van der Waals surface area (Å²) in [7, 11) is 0. The number of nitrogens with one attached hydrogen (secondary N) is 1. The second-order valence-corrected chi connectivity index (χ2v) is 2.20. The summed E-state index contributed by atoms with van der Waals surface area (Å²) >= 11 is 0. The van der Waals surface area contributed by atoms with Crippen LogP contribution in [0.4, 0.5) is 4.79 Å². The Kier molecular flexibility index (Phi) is 0.734. The summed E-state index contributed by atoms with van der Waals surface area (Å²) in [6, 6.07) is 0.115. The van der Waals surface area contributed by atoms with Gasteiger partial charge in [-0.05, 0) is 0 Å². The molecule has 2 aliphatic heterocycles. The Hall–Kier alpha value is -1.17. The molecule has 1 fully saturated rings. The van der Waals surface area contributed by atoms with Gasteiger partial charge < -0.3 is 10.2 Å². The lowest BCUT2D eigenvalue weighted by Crippen LogP contribution is -2.27. The van der Waals surface area contributed by atoms with Crippen molar-refractivity contribution in [3.63, 3.8) is 0 Å². The summed E-state index contributed by atoms with van der Waals surface area (Å²) in [5, 5.41) is 2.73. The Morgan fingerprint density at radius 1 is 1.78 bits per heavy atom. The van der Waals surface area contributed by atoms with E-state index in [1.807, 2.05) is 0 Å². The van der Waals surface area contributed by atoms with E-state index in [0.29, 0.717) is 6.54 Å². The highest BCUT2D eigenvalue weighted by Crippen LogP contribution is 2.04. The van der Waals surface area contributed by atoms with Crippen molar-refractivity contribution < 1.29 is 4.79 Å². The van der Waals surface area contributed by atoms with Crippen LogP contribution in [0.5, 0.6) is 0 Å². The Morgan fingerprint density at radius 2 is 2.67 bits per heavy atom. The summed E-state index contributed by atoms with van der Waals surface area (Å²) in [5.74, 6) is 5.79. The molecule has 2 bridgehead atoms. The second-order valence-electron chi connectivity index (χ2n) is 2.20. The lowest BCUT2D eigenvalue weighted by atomic mass is 10.3. The molecule has 2 aliphatic rings. The Balaban J connectivity index is 2.30. The van der Waals surface area contributed by atoms with Crippen molar-refractivity contribution in [2.75, 3.05) is 13.1 Å². The van der Waals surface area contributed by atoms with E-state index in [1.165, 1.54) is 0 Å². The number of amides is 2. The Labute approximate surface area is 53.0 Å². The molecule has 0 spiro atoms. The molecular weight excluding hydrogens is 116 g/mol. The number of rotatable bonds is 0. The topological polar surface area (TPSA) is 32.3 Å². The largest absolute Gasteiger partial charge is 0.322 e. The quantitative estimate of drug-likeness (QED) is 0.427. The Morgan fingerprint density at radius 3 is 3.33 bits per heavy atom. The van der Waals surface area contributed by atoms with Gasteiger partial charge in [0.25, 0.3) is 0 Å². The molecule has 1 unspecified atom stereocenters. The number of urea groups is 1. The highest BCUT2D eigenvalue weighted by atomic mass is 16.2. The summed E-state index contributed by atoms with van der Waals surface area (Å²) in [4.78, 5) is 12.5. The molecule has 0 aromatic rings. The smallest absolute Gasteiger partial charge is 0.319 e. The van der Waals surface area contributed by atoms with Crippen molar-refractivity contribution in [1.82, 2.24) is 10.2 Å². The average molecular weight is 122 g/mol. The maximum Gasteiger partial charge on any atom is 0.319 e. The van der Waals surface area contributed by atoms with Crippen molar-refractivity contribution in [2.24, 2.45) is 0 Å². The first-order valence-electron chi connectivity index (χ1n) is 2.90.